The third-order valence-corrected chi connectivity index (χ3v) is 3.61. The molecule has 20 heavy (non-hydrogen) atoms. The molecule has 1 aliphatic heterocycles. The molecule has 0 radical (unpaired) electrons. The van der Waals surface area contributed by atoms with E-state index in [-0.39, 0.29) is 0 Å². The predicted molar refractivity (Wildman–Crippen MR) is 80.2 cm³/mol. The highest BCUT2D eigenvalue weighted by molar-refractivity contribution is 5.70. The first-order valence-electron chi connectivity index (χ1n) is 7.17. The maximum atomic E-state index is 5.56. The zero-order valence-electron chi connectivity index (χ0n) is 11.9. The predicted octanol–water partition coefficient (Wildman–Crippen LogP) is 3.07. The lowest BCUT2D eigenvalue weighted by molar-refractivity contribution is 0.357. The van der Waals surface area contributed by atoms with E-state index in [1.807, 2.05) is 6.07 Å². The summed E-state index contributed by atoms with van der Waals surface area (Å²) in [6.45, 7) is 5.86. The first-order chi connectivity index (χ1) is 9.83. The molecule has 0 bridgehead atoms. The average Bonchev–Trinajstić information content (AvgIpc) is 2.94. The fourth-order valence-corrected chi connectivity index (χ4v) is 2.65. The lowest BCUT2D eigenvalue weighted by Gasteiger charge is -2.13. The summed E-state index contributed by atoms with van der Waals surface area (Å²) in [5, 5.41) is 3.31. The third kappa shape index (κ3) is 2.22. The van der Waals surface area contributed by atoms with Crippen LogP contribution in [0, 0.1) is 0 Å². The Labute approximate surface area is 119 Å². The van der Waals surface area contributed by atoms with Crippen LogP contribution in [0.5, 0.6) is 5.75 Å². The van der Waals surface area contributed by atoms with Gasteiger partial charge in [-0.25, -0.2) is 9.97 Å². The molecule has 1 aromatic heterocycles. The highest BCUT2D eigenvalue weighted by Gasteiger charge is 2.16. The number of aromatic nitrogens is 2. The highest BCUT2D eigenvalue weighted by Crippen LogP contribution is 2.32. The molecule has 0 atom stereocenters. The molecule has 0 amide bonds. The smallest absolute Gasteiger partial charge is 0.133 e. The van der Waals surface area contributed by atoms with Crippen LogP contribution in [-0.2, 0) is 12.8 Å². The Kier molecular flexibility index (Phi) is 3.54. The fourth-order valence-electron chi connectivity index (χ4n) is 2.65. The van der Waals surface area contributed by atoms with E-state index in [2.05, 4.69) is 41.3 Å². The van der Waals surface area contributed by atoms with Crippen molar-refractivity contribution in [3.05, 3.63) is 35.7 Å². The van der Waals surface area contributed by atoms with Gasteiger partial charge in [-0.1, -0.05) is 6.92 Å². The molecule has 1 aliphatic rings. The molecule has 0 spiro atoms. The van der Waals surface area contributed by atoms with E-state index < -0.39 is 0 Å². The van der Waals surface area contributed by atoms with Gasteiger partial charge in [0.25, 0.3) is 0 Å². The zero-order valence-corrected chi connectivity index (χ0v) is 11.9. The molecule has 4 nitrogen and oxygen atoms in total. The summed E-state index contributed by atoms with van der Waals surface area (Å²) in [4.78, 5) is 8.85. The maximum Gasteiger partial charge on any atom is 0.133 e. The molecule has 1 N–H and O–H groups in total. The standard InChI is InChI=1S/C16H19N3O/c1-3-13-15(18-10-19-16(13)17-4-2)12-5-6-14-11(9-12)7-8-20-14/h5-6,9-10H,3-4,7-8H2,1-2H3,(H,17,18,19). The number of nitrogens with zero attached hydrogens (tertiary/aromatic N) is 2. The van der Waals surface area contributed by atoms with Gasteiger partial charge in [0.2, 0.25) is 0 Å². The summed E-state index contributed by atoms with van der Waals surface area (Å²) in [6, 6.07) is 6.33. The van der Waals surface area contributed by atoms with Crippen LogP contribution in [-0.4, -0.2) is 23.1 Å². The summed E-state index contributed by atoms with van der Waals surface area (Å²) < 4.78 is 5.56. The number of anilines is 1. The molecule has 0 unspecified atom stereocenters. The van der Waals surface area contributed by atoms with Crippen molar-refractivity contribution in [2.24, 2.45) is 0 Å². The van der Waals surface area contributed by atoms with Gasteiger partial charge in [0, 0.05) is 24.1 Å². The number of ether oxygens (including phenoxy) is 1. The molecule has 0 aliphatic carbocycles. The van der Waals surface area contributed by atoms with Crippen molar-refractivity contribution in [2.45, 2.75) is 26.7 Å². The van der Waals surface area contributed by atoms with E-state index in [1.165, 1.54) is 11.1 Å². The van der Waals surface area contributed by atoms with Crippen LogP contribution in [0.1, 0.15) is 25.0 Å². The van der Waals surface area contributed by atoms with Crippen LogP contribution in [0.2, 0.25) is 0 Å². The molecular weight excluding hydrogens is 250 g/mol. The lowest BCUT2D eigenvalue weighted by Crippen LogP contribution is -2.05. The SMILES string of the molecule is CCNc1ncnc(-c2ccc3c(c2)CCO3)c1CC. The number of benzene rings is 1. The molecule has 0 saturated heterocycles. The van der Waals surface area contributed by atoms with Crippen molar-refractivity contribution in [1.29, 1.82) is 0 Å². The Morgan fingerprint density at radius 1 is 1.25 bits per heavy atom. The molecule has 2 aromatic rings. The van der Waals surface area contributed by atoms with Crippen LogP contribution in [0.15, 0.2) is 24.5 Å². The van der Waals surface area contributed by atoms with Gasteiger partial charge in [-0.05, 0) is 37.1 Å². The topological polar surface area (TPSA) is 47.0 Å². The van der Waals surface area contributed by atoms with Gasteiger partial charge in [0.15, 0.2) is 0 Å². The molecular formula is C16H19N3O. The minimum atomic E-state index is 0.784. The highest BCUT2D eigenvalue weighted by atomic mass is 16.5. The van der Waals surface area contributed by atoms with E-state index in [4.69, 9.17) is 4.74 Å². The minimum Gasteiger partial charge on any atom is -0.493 e. The number of fused-ring (bicyclic) bond motifs is 1. The van der Waals surface area contributed by atoms with Crippen LogP contribution < -0.4 is 10.1 Å². The van der Waals surface area contributed by atoms with Crippen LogP contribution in [0.3, 0.4) is 0 Å². The first-order valence-corrected chi connectivity index (χ1v) is 7.17. The van der Waals surface area contributed by atoms with E-state index in [0.717, 1.165) is 48.8 Å². The summed E-state index contributed by atoms with van der Waals surface area (Å²) in [7, 11) is 0. The maximum absolute atomic E-state index is 5.56. The monoisotopic (exact) mass is 269 g/mol. The van der Waals surface area contributed by atoms with Crippen molar-refractivity contribution in [2.75, 3.05) is 18.5 Å². The van der Waals surface area contributed by atoms with Gasteiger partial charge < -0.3 is 10.1 Å². The second-order valence-electron chi connectivity index (χ2n) is 4.85. The largest absolute Gasteiger partial charge is 0.493 e. The third-order valence-electron chi connectivity index (χ3n) is 3.61. The Hall–Kier alpha value is -2.10. The van der Waals surface area contributed by atoms with Crippen LogP contribution in [0.25, 0.3) is 11.3 Å². The second kappa shape index (κ2) is 5.49. The Bertz CT molecular complexity index is 625. The van der Waals surface area contributed by atoms with Gasteiger partial charge in [-0.2, -0.15) is 0 Å². The molecule has 1 aromatic carbocycles. The Morgan fingerprint density at radius 3 is 2.95 bits per heavy atom. The summed E-state index contributed by atoms with van der Waals surface area (Å²) >= 11 is 0. The van der Waals surface area contributed by atoms with E-state index >= 15 is 0 Å². The minimum absolute atomic E-state index is 0.784. The molecule has 4 heteroatoms. The van der Waals surface area contributed by atoms with E-state index in [9.17, 15) is 0 Å². The van der Waals surface area contributed by atoms with Gasteiger partial charge in [-0.3, -0.25) is 0 Å². The first kappa shape index (κ1) is 12.9. The van der Waals surface area contributed by atoms with Gasteiger partial charge in [0.05, 0.1) is 12.3 Å². The molecule has 0 fully saturated rings. The Morgan fingerprint density at radius 2 is 2.15 bits per heavy atom. The molecule has 3 rings (SSSR count). The molecule has 104 valence electrons. The zero-order chi connectivity index (χ0) is 13.9. The Balaban J connectivity index is 2.07. The van der Waals surface area contributed by atoms with Gasteiger partial charge >= 0.3 is 0 Å². The van der Waals surface area contributed by atoms with Gasteiger partial charge in [0.1, 0.15) is 17.9 Å². The van der Waals surface area contributed by atoms with Crippen LogP contribution in [0.4, 0.5) is 5.82 Å². The van der Waals surface area contributed by atoms with Crippen molar-refractivity contribution in [3.63, 3.8) is 0 Å². The van der Waals surface area contributed by atoms with Crippen molar-refractivity contribution >= 4 is 5.82 Å². The van der Waals surface area contributed by atoms with Crippen molar-refractivity contribution in [3.8, 4) is 17.0 Å². The molecule has 2 heterocycles. The van der Waals surface area contributed by atoms with E-state index in [0.29, 0.717) is 0 Å². The number of hydrogen-bond donors (Lipinski definition) is 1. The second-order valence-corrected chi connectivity index (χ2v) is 4.85. The summed E-state index contributed by atoms with van der Waals surface area (Å²) in [5.74, 6) is 1.95. The number of rotatable bonds is 4. The van der Waals surface area contributed by atoms with Crippen molar-refractivity contribution in [1.82, 2.24) is 9.97 Å². The number of nitrogens with one attached hydrogen (secondary N) is 1. The van der Waals surface area contributed by atoms with Crippen molar-refractivity contribution < 1.29 is 4.74 Å². The lowest BCUT2D eigenvalue weighted by atomic mass is 10.0. The van der Waals surface area contributed by atoms with Gasteiger partial charge in [-0.15, -0.1) is 0 Å². The quantitative estimate of drug-likeness (QED) is 0.926. The summed E-state index contributed by atoms with van der Waals surface area (Å²) in [5.41, 5.74) is 4.61. The molecule has 0 saturated carbocycles. The average molecular weight is 269 g/mol. The normalized spacial score (nSPS) is 12.9. The van der Waals surface area contributed by atoms with Crippen LogP contribution >= 0.6 is 0 Å². The van der Waals surface area contributed by atoms with E-state index in [1.54, 1.807) is 6.33 Å². The fraction of sp³-hybridized carbons (Fsp3) is 0.375. The number of hydrogen-bond acceptors (Lipinski definition) is 4. The summed E-state index contributed by atoms with van der Waals surface area (Å²) in [6.07, 6.45) is 3.53.